The number of nitrogens with one attached hydrogen (secondary N) is 2. The van der Waals surface area contributed by atoms with E-state index < -0.39 is 32.7 Å². The Morgan fingerprint density at radius 2 is 2.14 bits per heavy atom. The topological polar surface area (TPSA) is 113 Å². The highest BCUT2D eigenvalue weighted by Gasteiger charge is 2.27. The largest absolute Gasteiger partial charge is 0.478 e. The first-order valence-electron chi connectivity index (χ1n) is 6.11. The summed E-state index contributed by atoms with van der Waals surface area (Å²) >= 11 is 0. The van der Waals surface area contributed by atoms with E-state index in [-0.39, 0.29) is 24.4 Å². The van der Waals surface area contributed by atoms with Gasteiger partial charge in [0.05, 0.1) is 5.56 Å². The number of amides is 1. The number of hydrogen-bond donors (Lipinski definition) is 3. The van der Waals surface area contributed by atoms with Crippen molar-refractivity contribution in [2.75, 3.05) is 6.54 Å². The fraction of sp³-hybridized carbons (Fsp3) is 0.333. The summed E-state index contributed by atoms with van der Waals surface area (Å²) in [4.78, 5) is 21.1. The molecule has 3 N–H and O–H groups in total. The molecule has 1 aliphatic rings. The van der Waals surface area contributed by atoms with Gasteiger partial charge in [-0.25, -0.2) is 22.3 Å². The molecule has 1 saturated heterocycles. The Bertz CT molecular complexity index is 679. The SMILES string of the molecule is O=C1CCC(NS(=O)(=O)c2cc(C(=O)O)ccc2F)CN1. The molecule has 9 heteroatoms. The van der Waals surface area contributed by atoms with E-state index in [0.717, 1.165) is 18.2 Å². The van der Waals surface area contributed by atoms with Crippen LogP contribution in [0.3, 0.4) is 0 Å². The van der Waals surface area contributed by atoms with Gasteiger partial charge >= 0.3 is 5.97 Å². The lowest BCUT2D eigenvalue weighted by Crippen LogP contribution is -2.47. The number of rotatable bonds is 4. The Kier molecular flexibility index (Phi) is 4.24. The zero-order valence-corrected chi connectivity index (χ0v) is 11.6. The number of aromatic carboxylic acids is 1. The third kappa shape index (κ3) is 3.56. The number of carbonyl (C=O) groups excluding carboxylic acids is 1. The molecule has 1 aromatic carbocycles. The van der Waals surface area contributed by atoms with Crippen LogP contribution in [-0.4, -0.2) is 38.0 Å². The highest BCUT2D eigenvalue weighted by Crippen LogP contribution is 2.18. The number of piperidine rings is 1. The van der Waals surface area contributed by atoms with E-state index in [9.17, 15) is 22.4 Å². The molecule has 1 unspecified atom stereocenters. The number of carboxylic acid groups (broad SMARTS) is 1. The van der Waals surface area contributed by atoms with Crippen molar-refractivity contribution in [2.24, 2.45) is 0 Å². The van der Waals surface area contributed by atoms with Crippen molar-refractivity contribution in [3.05, 3.63) is 29.6 Å². The molecule has 21 heavy (non-hydrogen) atoms. The Morgan fingerprint density at radius 1 is 1.43 bits per heavy atom. The van der Waals surface area contributed by atoms with Gasteiger partial charge in [-0.15, -0.1) is 0 Å². The number of sulfonamides is 1. The van der Waals surface area contributed by atoms with Gasteiger partial charge in [0.15, 0.2) is 0 Å². The first-order valence-corrected chi connectivity index (χ1v) is 7.60. The molecule has 2 rings (SSSR count). The quantitative estimate of drug-likeness (QED) is 0.728. The minimum atomic E-state index is -4.20. The number of carboxylic acids is 1. The lowest BCUT2D eigenvalue weighted by atomic mass is 10.1. The molecule has 0 bridgehead atoms. The van der Waals surface area contributed by atoms with Crippen LogP contribution < -0.4 is 10.0 Å². The smallest absolute Gasteiger partial charge is 0.335 e. The minimum absolute atomic E-state index is 0.109. The lowest BCUT2D eigenvalue weighted by Gasteiger charge is -2.23. The van der Waals surface area contributed by atoms with Crippen molar-refractivity contribution < 1.29 is 27.5 Å². The van der Waals surface area contributed by atoms with Crippen LogP contribution in [0, 0.1) is 5.82 Å². The summed E-state index contributed by atoms with van der Waals surface area (Å²) in [7, 11) is -4.20. The zero-order valence-electron chi connectivity index (χ0n) is 10.8. The van der Waals surface area contributed by atoms with E-state index in [1.165, 1.54) is 0 Å². The molecule has 0 spiro atoms. The van der Waals surface area contributed by atoms with Gasteiger partial charge in [-0.05, 0) is 24.6 Å². The fourth-order valence-corrected chi connectivity index (χ4v) is 3.33. The van der Waals surface area contributed by atoms with Crippen molar-refractivity contribution in [3.8, 4) is 0 Å². The Labute approximate surface area is 120 Å². The number of halogens is 1. The molecule has 1 aromatic rings. The van der Waals surface area contributed by atoms with Crippen LogP contribution in [0.4, 0.5) is 4.39 Å². The average molecular weight is 316 g/mol. The van der Waals surface area contributed by atoms with Crippen molar-refractivity contribution in [2.45, 2.75) is 23.8 Å². The summed E-state index contributed by atoms with van der Waals surface area (Å²) < 4.78 is 40.2. The van der Waals surface area contributed by atoms with E-state index >= 15 is 0 Å². The molecule has 1 atom stereocenters. The summed E-state index contributed by atoms with van der Waals surface area (Å²) in [5.41, 5.74) is -0.325. The number of benzene rings is 1. The molecule has 1 aliphatic heterocycles. The van der Waals surface area contributed by atoms with E-state index in [2.05, 4.69) is 10.0 Å². The molecule has 0 saturated carbocycles. The van der Waals surface area contributed by atoms with Gasteiger partial charge in [-0.3, -0.25) is 4.79 Å². The molecule has 114 valence electrons. The molecule has 1 fully saturated rings. The van der Waals surface area contributed by atoms with Gasteiger partial charge in [0.25, 0.3) is 0 Å². The standard InChI is InChI=1S/C12H13FN2O5S/c13-9-3-1-7(12(17)18)5-10(9)21(19,20)15-8-2-4-11(16)14-6-8/h1,3,5,8,15H,2,4,6H2,(H,14,16)(H,17,18). The van der Waals surface area contributed by atoms with Gasteiger partial charge < -0.3 is 10.4 Å². The van der Waals surface area contributed by atoms with Crippen LogP contribution in [0.2, 0.25) is 0 Å². The molecule has 7 nitrogen and oxygen atoms in total. The van der Waals surface area contributed by atoms with Crippen LogP contribution in [-0.2, 0) is 14.8 Å². The lowest BCUT2D eigenvalue weighted by molar-refractivity contribution is -0.122. The maximum absolute atomic E-state index is 13.7. The van der Waals surface area contributed by atoms with Crippen molar-refractivity contribution in [1.29, 1.82) is 0 Å². The van der Waals surface area contributed by atoms with Gasteiger partial charge in [0, 0.05) is 19.0 Å². The van der Waals surface area contributed by atoms with E-state index in [1.807, 2.05) is 0 Å². The zero-order chi connectivity index (χ0) is 15.6. The third-order valence-corrected chi connectivity index (χ3v) is 4.59. The normalized spacial score (nSPS) is 19.1. The Balaban J connectivity index is 2.25. The molecule has 1 heterocycles. The molecule has 0 aliphatic carbocycles. The van der Waals surface area contributed by atoms with E-state index in [0.29, 0.717) is 6.42 Å². The van der Waals surface area contributed by atoms with Crippen LogP contribution in [0.5, 0.6) is 0 Å². The Morgan fingerprint density at radius 3 is 2.71 bits per heavy atom. The number of hydrogen-bond acceptors (Lipinski definition) is 4. The minimum Gasteiger partial charge on any atom is -0.478 e. The summed E-state index contributed by atoms with van der Waals surface area (Å²) in [6.45, 7) is 0.109. The maximum atomic E-state index is 13.7. The predicted octanol–water partition coefficient (Wildman–Crippen LogP) is 0.0808. The van der Waals surface area contributed by atoms with Crippen LogP contribution in [0.1, 0.15) is 23.2 Å². The first kappa shape index (κ1) is 15.4. The number of carbonyl (C=O) groups is 2. The molecular weight excluding hydrogens is 303 g/mol. The summed E-state index contributed by atoms with van der Waals surface area (Å²) in [6.07, 6.45) is 0.468. The highest BCUT2D eigenvalue weighted by molar-refractivity contribution is 7.89. The van der Waals surface area contributed by atoms with Crippen molar-refractivity contribution >= 4 is 21.9 Å². The van der Waals surface area contributed by atoms with Crippen LogP contribution in [0.15, 0.2) is 23.1 Å². The van der Waals surface area contributed by atoms with Crippen LogP contribution in [0.25, 0.3) is 0 Å². The molecular formula is C12H13FN2O5S. The van der Waals surface area contributed by atoms with Crippen LogP contribution >= 0.6 is 0 Å². The van der Waals surface area contributed by atoms with Gasteiger partial charge in [-0.2, -0.15) is 0 Å². The monoisotopic (exact) mass is 316 g/mol. The Hall–Kier alpha value is -2.00. The van der Waals surface area contributed by atoms with E-state index in [1.54, 1.807) is 0 Å². The second kappa shape index (κ2) is 5.78. The molecule has 0 radical (unpaired) electrons. The van der Waals surface area contributed by atoms with Crippen molar-refractivity contribution in [3.63, 3.8) is 0 Å². The predicted molar refractivity (Wildman–Crippen MR) is 69.7 cm³/mol. The van der Waals surface area contributed by atoms with Gasteiger partial charge in [-0.1, -0.05) is 0 Å². The third-order valence-electron chi connectivity index (χ3n) is 3.05. The summed E-state index contributed by atoms with van der Waals surface area (Å²) in [5.74, 6) is -2.56. The molecule has 0 aromatic heterocycles. The second-order valence-electron chi connectivity index (χ2n) is 4.61. The summed E-state index contributed by atoms with van der Waals surface area (Å²) in [5, 5.41) is 11.3. The van der Waals surface area contributed by atoms with E-state index in [4.69, 9.17) is 5.11 Å². The van der Waals surface area contributed by atoms with Crippen molar-refractivity contribution in [1.82, 2.24) is 10.0 Å². The summed E-state index contributed by atoms with van der Waals surface area (Å²) in [6, 6.07) is 1.99. The maximum Gasteiger partial charge on any atom is 0.335 e. The second-order valence-corrected chi connectivity index (χ2v) is 6.29. The molecule has 1 amide bonds. The first-order chi connectivity index (χ1) is 9.79. The average Bonchev–Trinajstić information content (AvgIpc) is 2.41. The fourth-order valence-electron chi connectivity index (χ4n) is 1.96. The highest BCUT2D eigenvalue weighted by atomic mass is 32.2. The van der Waals surface area contributed by atoms with Gasteiger partial charge in [0.2, 0.25) is 15.9 Å². The van der Waals surface area contributed by atoms with Gasteiger partial charge in [0.1, 0.15) is 10.7 Å².